The van der Waals surface area contributed by atoms with Gasteiger partial charge in [0.05, 0.1) is 0 Å². The molecule has 0 aliphatic heterocycles. The molecule has 0 spiro atoms. The fourth-order valence-corrected chi connectivity index (χ4v) is 2.86. The first-order valence-electron chi connectivity index (χ1n) is 8.74. The second-order valence-electron chi connectivity index (χ2n) is 7.55. The van der Waals surface area contributed by atoms with Crippen molar-refractivity contribution in [2.75, 3.05) is 6.54 Å². The number of hydrogen-bond acceptors (Lipinski definition) is 1. The van der Waals surface area contributed by atoms with E-state index in [1.54, 1.807) is 0 Å². The molecule has 0 amide bonds. The van der Waals surface area contributed by atoms with Crippen LogP contribution in [0.3, 0.4) is 0 Å². The molecule has 0 saturated carbocycles. The molecule has 0 fully saturated rings. The molecule has 1 rings (SSSR count). The number of nitrogens with one attached hydrogen (secondary N) is 1. The maximum Gasteiger partial charge on any atom is 0.0325 e. The molecule has 1 nitrogen and oxygen atoms in total. The minimum Gasteiger partial charge on any atom is -0.310 e. The molecular weight excluding hydrogens is 254 g/mol. The highest BCUT2D eigenvalue weighted by Gasteiger charge is 2.20. The van der Waals surface area contributed by atoms with Gasteiger partial charge in [-0.15, -0.1) is 0 Å². The lowest BCUT2D eigenvalue weighted by Crippen LogP contribution is -2.30. The maximum atomic E-state index is 3.85. The molecule has 0 heterocycles. The van der Waals surface area contributed by atoms with E-state index in [1.165, 1.54) is 37.7 Å². The zero-order chi connectivity index (χ0) is 15.7. The Labute approximate surface area is 132 Å². The molecule has 1 heteroatoms. The van der Waals surface area contributed by atoms with E-state index < -0.39 is 0 Å². The monoisotopic (exact) mass is 289 g/mol. The molecule has 1 aromatic rings. The normalized spacial score (nSPS) is 14.9. The Morgan fingerprint density at radius 1 is 1.05 bits per heavy atom. The molecule has 120 valence electrons. The van der Waals surface area contributed by atoms with Gasteiger partial charge in [-0.2, -0.15) is 0 Å². The molecule has 0 aliphatic carbocycles. The molecule has 0 radical (unpaired) electrons. The van der Waals surface area contributed by atoms with E-state index in [4.69, 9.17) is 0 Å². The van der Waals surface area contributed by atoms with Crippen molar-refractivity contribution in [3.8, 4) is 0 Å². The highest BCUT2D eigenvalue weighted by Crippen LogP contribution is 2.29. The summed E-state index contributed by atoms with van der Waals surface area (Å²) in [6, 6.07) is 11.4. The van der Waals surface area contributed by atoms with E-state index in [0.717, 1.165) is 12.5 Å². The Kier molecular flexibility index (Phi) is 8.03. The van der Waals surface area contributed by atoms with Crippen LogP contribution in [0.4, 0.5) is 0 Å². The highest BCUT2D eigenvalue weighted by atomic mass is 14.9. The zero-order valence-corrected chi connectivity index (χ0v) is 14.8. The predicted octanol–water partition coefficient (Wildman–Crippen LogP) is 5.97. The van der Waals surface area contributed by atoms with Gasteiger partial charge >= 0.3 is 0 Å². The van der Waals surface area contributed by atoms with Crippen molar-refractivity contribution < 1.29 is 0 Å². The summed E-state index contributed by atoms with van der Waals surface area (Å²) in [4.78, 5) is 0. The Hall–Kier alpha value is -0.820. The van der Waals surface area contributed by atoms with Gasteiger partial charge in [-0.1, -0.05) is 84.2 Å². The van der Waals surface area contributed by atoms with Crippen molar-refractivity contribution in [3.63, 3.8) is 0 Å². The van der Waals surface area contributed by atoms with E-state index in [2.05, 4.69) is 70.3 Å². The lowest BCUT2D eigenvalue weighted by Gasteiger charge is -2.29. The molecule has 0 aliphatic rings. The molecule has 1 N–H and O–H groups in total. The molecule has 2 atom stereocenters. The van der Waals surface area contributed by atoms with Crippen LogP contribution < -0.4 is 5.32 Å². The summed E-state index contributed by atoms with van der Waals surface area (Å²) in [6.45, 7) is 12.7. The Morgan fingerprint density at radius 2 is 1.71 bits per heavy atom. The quantitative estimate of drug-likeness (QED) is 0.590. The van der Waals surface area contributed by atoms with Gasteiger partial charge in [0.1, 0.15) is 0 Å². The summed E-state index contributed by atoms with van der Waals surface area (Å²) in [7, 11) is 0. The van der Waals surface area contributed by atoms with Crippen molar-refractivity contribution >= 4 is 0 Å². The number of unbranched alkanes of at least 4 members (excludes halogenated alkanes) is 1. The van der Waals surface area contributed by atoms with Crippen LogP contribution in [0.2, 0.25) is 0 Å². The summed E-state index contributed by atoms with van der Waals surface area (Å²) in [5.41, 5.74) is 1.77. The molecule has 2 unspecified atom stereocenters. The first-order chi connectivity index (χ1) is 9.96. The summed E-state index contributed by atoms with van der Waals surface area (Å²) < 4.78 is 0. The smallest absolute Gasteiger partial charge is 0.0325 e. The van der Waals surface area contributed by atoms with Crippen molar-refractivity contribution in [1.82, 2.24) is 5.32 Å². The molecule has 0 bridgehead atoms. The Morgan fingerprint density at radius 3 is 2.24 bits per heavy atom. The van der Waals surface area contributed by atoms with Gasteiger partial charge in [0.25, 0.3) is 0 Å². The average Bonchev–Trinajstić information content (AvgIpc) is 2.46. The van der Waals surface area contributed by atoms with Crippen LogP contribution in [0.1, 0.15) is 78.3 Å². The van der Waals surface area contributed by atoms with Crippen LogP contribution in [0.5, 0.6) is 0 Å². The zero-order valence-electron chi connectivity index (χ0n) is 14.8. The second-order valence-corrected chi connectivity index (χ2v) is 7.55. The van der Waals surface area contributed by atoms with Gasteiger partial charge in [-0.25, -0.2) is 0 Å². The molecule has 0 aromatic heterocycles. The predicted molar refractivity (Wildman–Crippen MR) is 94.6 cm³/mol. The molecule has 1 aromatic carbocycles. The van der Waals surface area contributed by atoms with Crippen molar-refractivity contribution in [2.45, 2.75) is 72.8 Å². The topological polar surface area (TPSA) is 12.0 Å². The standard InChI is InChI=1S/C20H35N/c1-6-8-12-17(7-2)16-21-19(15-20(3,4)5)18-13-10-9-11-14-18/h9-11,13-14,17,19,21H,6-8,12,15-16H2,1-5H3. The minimum atomic E-state index is 0.346. The van der Waals surface area contributed by atoms with E-state index in [-0.39, 0.29) is 0 Å². The van der Waals surface area contributed by atoms with Crippen LogP contribution in [-0.4, -0.2) is 6.54 Å². The van der Waals surface area contributed by atoms with Crippen LogP contribution in [-0.2, 0) is 0 Å². The van der Waals surface area contributed by atoms with Crippen molar-refractivity contribution in [1.29, 1.82) is 0 Å². The Balaban J connectivity index is 2.65. The third-order valence-electron chi connectivity index (χ3n) is 4.21. The van der Waals surface area contributed by atoms with Gasteiger partial charge in [0, 0.05) is 6.04 Å². The lowest BCUT2D eigenvalue weighted by atomic mass is 9.85. The van der Waals surface area contributed by atoms with E-state index in [1.807, 2.05) is 0 Å². The summed E-state index contributed by atoms with van der Waals surface area (Å²) in [6.07, 6.45) is 6.48. The summed E-state index contributed by atoms with van der Waals surface area (Å²) in [5.74, 6) is 0.816. The fraction of sp³-hybridized carbons (Fsp3) is 0.700. The first-order valence-corrected chi connectivity index (χ1v) is 8.74. The molecule has 21 heavy (non-hydrogen) atoms. The third-order valence-corrected chi connectivity index (χ3v) is 4.21. The number of benzene rings is 1. The van der Waals surface area contributed by atoms with Crippen molar-refractivity contribution in [3.05, 3.63) is 35.9 Å². The van der Waals surface area contributed by atoms with Crippen LogP contribution in [0.25, 0.3) is 0 Å². The van der Waals surface area contributed by atoms with Crippen LogP contribution in [0.15, 0.2) is 30.3 Å². The second kappa shape index (κ2) is 9.25. The maximum absolute atomic E-state index is 3.85. The Bertz CT molecular complexity index is 363. The highest BCUT2D eigenvalue weighted by molar-refractivity contribution is 5.19. The number of hydrogen-bond donors (Lipinski definition) is 1. The van der Waals surface area contributed by atoms with Gasteiger partial charge in [-0.3, -0.25) is 0 Å². The average molecular weight is 290 g/mol. The fourth-order valence-electron chi connectivity index (χ4n) is 2.86. The SMILES string of the molecule is CCCCC(CC)CNC(CC(C)(C)C)c1ccccc1. The molecule has 0 saturated heterocycles. The minimum absolute atomic E-state index is 0.346. The van der Waals surface area contributed by atoms with E-state index >= 15 is 0 Å². The van der Waals surface area contributed by atoms with Gasteiger partial charge < -0.3 is 5.32 Å². The van der Waals surface area contributed by atoms with Crippen LogP contribution >= 0.6 is 0 Å². The largest absolute Gasteiger partial charge is 0.310 e. The van der Waals surface area contributed by atoms with Gasteiger partial charge in [-0.05, 0) is 36.3 Å². The lowest BCUT2D eigenvalue weighted by molar-refractivity contribution is 0.294. The third kappa shape index (κ3) is 7.66. The van der Waals surface area contributed by atoms with E-state index in [0.29, 0.717) is 11.5 Å². The summed E-state index contributed by atoms with van der Waals surface area (Å²) in [5, 5.41) is 3.85. The van der Waals surface area contributed by atoms with Gasteiger partial charge in [0.2, 0.25) is 0 Å². The summed E-state index contributed by atoms with van der Waals surface area (Å²) >= 11 is 0. The first kappa shape index (κ1) is 18.2. The van der Waals surface area contributed by atoms with Crippen molar-refractivity contribution in [2.24, 2.45) is 11.3 Å². The van der Waals surface area contributed by atoms with E-state index in [9.17, 15) is 0 Å². The number of rotatable bonds is 9. The van der Waals surface area contributed by atoms with Gasteiger partial charge in [0.15, 0.2) is 0 Å². The van der Waals surface area contributed by atoms with Crippen LogP contribution in [0, 0.1) is 11.3 Å². The molecular formula is C20H35N.